The number of hydrogen-bond donors (Lipinski definition) is 0. The van der Waals surface area contributed by atoms with Crippen LogP contribution in [0.4, 0.5) is 0 Å². The molecule has 0 aromatic heterocycles. The van der Waals surface area contributed by atoms with Crippen LogP contribution in [-0.4, -0.2) is 50.1 Å². The van der Waals surface area contributed by atoms with Gasteiger partial charge >= 0.3 is 0 Å². The van der Waals surface area contributed by atoms with Crippen molar-refractivity contribution < 1.29 is 9.57 Å². The van der Waals surface area contributed by atoms with Crippen molar-refractivity contribution in [3.8, 4) is 0 Å². The Morgan fingerprint density at radius 1 is 0.518 bits per heavy atom. The Bertz CT molecular complexity index is 900. The Morgan fingerprint density at radius 3 is 1.41 bits per heavy atom. The summed E-state index contributed by atoms with van der Waals surface area (Å²) in [4.78, 5) is 8.26. The number of oxime groups is 1. The second-order valence-corrected chi connectivity index (χ2v) is 17.3. The summed E-state index contributed by atoms with van der Waals surface area (Å²) in [7, 11) is 4.34. The van der Waals surface area contributed by atoms with Crippen molar-refractivity contribution in [1.29, 1.82) is 0 Å². The van der Waals surface area contributed by atoms with Gasteiger partial charge in [0.2, 0.25) is 0 Å². The van der Waals surface area contributed by atoms with Crippen LogP contribution in [0.5, 0.6) is 0 Å². The molecule has 2 unspecified atom stereocenters. The molecule has 4 nitrogen and oxygen atoms in total. The maximum absolute atomic E-state index is 6.49. The van der Waals surface area contributed by atoms with E-state index in [2.05, 4.69) is 81.5 Å². The largest absolute Gasteiger partial charge is 0.396 e. The average molecular weight is 781 g/mol. The van der Waals surface area contributed by atoms with Gasteiger partial charge in [-0.15, -0.1) is 0 Å². The number of ether oxygens (including phenoxy) is 1. The molecular weight excluding hydrogens is 685 g/mol. The van der Waals surface area contributed by atoms with E-state index in [0.717, 1.165) is 38.7 Å². The molecule has 0 bridgehead atoms. The van der Waals surface area contributed by atoms with Crippen molar-refractivity contribution in [1.82, 2.24) is 4.90 Å². The Kier molecular flexibility index (Phi) is 40.2. The van der Waals surface area contributed by atoms with Crippen molar-refractivity contribution in [2.24, 2.45) is 5.16 Å². The van der Waals surface area contributed by atoms with Crippen LogP contribution < -0.4 is 0 Å². The van der Waals surface area contributed by atoms with Crippen molar-refractivity contribution in [3.05, 3.63) is 48.6 Å². The van der Waals surface area contributed by atoms with E-state index in [9.17, 15) is 0 Å². The first-order chi connectivity index (χ1) is 27.7. The number of unbranched alkanes of at least 4 members (excludes halogenated alkanes) is 20. The molecule has 1 aliphatic heterocycles. The van der Waals surface area contributed by atoms with E-state index in [-0.39, 0.29) is 0 Å². The van der Waals surface area contributed by atoms with E-state index in [1.165, 1.54) is 205 Å². The molecule has 0 radical (unpaired) electrons. The number of allylic oxidation sites excluding steroid dienone is 8. The lowest BCUT2D eigenvalue weighted by molar-refractivity contribution is -0.0584. The molecule has 2 atom stereocenters. The number of rotatable bonds is 41. The minimum absolute atomic E-state index is 0.453. The predicted molar refractivity (Wildman–Crippen MR) is 250 cm³/mol. The first kappa shape index (κ1) is 52.4. The molecule has 0 aliphatic carbocycles. The van der Waals surface area contributed by atoms with Crippen LogP contribution in [0.2, 0.25) is 0 Å². The van der Waals surface area contributed by atoms with Gasteiger partial charge < -0.3 is 14.5 Å². The molecule has 0 amide bonds. The zero-order valence-corrected chi connectivity index (χ0v) is 38.1. The molecule has 0 N–H and O–H groups in total. The Morgan fingerprint density at radius 2 is 0.946 bits per heavy atom. The summed E-state index contributed by atoms with van der Waals surface area (Å²) in [5, 5.41) is 4.75. The standard InChI is InChI=1S/C52H96N2O2/c1-5-7-9-11-13-15-17-19-21-23-25-27-29-31-33-35-42-50(43-36-34-32-30-28-26-24-22-20-18-16-14-12-10-8-6-2)53-55-49-40-38-45-52-47-41-46-51(56-52)44-37-39-48-54(3)4/h13-16,19-22,51-52H,5-12,17-18,23-49H2,1-4H3. The van der Waals surface area contributed by atoms with Crippen molar-refractivity contribution >= 4 is 5.71 Å². The normalized spacial score (nSPS) is 16.4. The maximum Gasteiger partial charge on any atom is 0.117 e. The molecule has 0 aromatic rings. The van der Waals surface area contributed by atoms with Gasteiger partial charge in [-0.25, -0.2) is 0 Å². The van der Waals surface area contributed by atoms with Crippen molar-refractivity contribution in [3.63, 3.8) is 0 Å². The molecule has 1 heterocycles. The first-order valence-electron chi connectivity index (χ1n) is 24.7. The fourth-order valence-corrected chi connectivity index (χ4v) is 7.73. The van der Waals surface area contributed by atoms with Crippen LogP contribution in [0, 0.1) is 0 Å². The molecule has 1 aliphatic rings. The highest BCUT2D eigenvalue weighted by molar-refractivity contribution is 5.83. The van der Waals surface area contributed by atoms with Crippen LogP contribution in [0.1, 0.15) is 239 Å². The van der Waals surface area contributed by atoms with Gasteiger partial charge in [-0.05, 0) is 168 Å². The van der Waals surface area contributed by atoms with Gasteiger partial charge in [-0.1, -0.05) is 145 Å². The minimum atomic E-state index is 0.453. The quantitative estimate of drug-likeness (QED) is 0.0268. The lowest BCUT2D eigenvalue weighted by atomic mass is 9.97. The van der Waals surface area contributed by atoms with Crippen LogP contribution in [0.3, 0.4) is 0 Å². The highest BCUT2D eigenvalue weighted by Crippen LogP contribution is 2.26. The lowest BCUT2D eigenvalue weighted by Gasteiger charge is -2.30. The Hall–Kier alpha value is -1.65. The van der Waals surface area contributed by atoms with Gasteiger partial charge in [-0.2, -0.15) is 0 Å². The molecule has 1 rings (SSSR count). The van der Waals surface area contributed by atoms with E-state index in [4.69, 9.17) is 14.7 Å². The second-order valence-electron chi connectivity index (χ2n) is 17.3. The van der Waals surface area contributed by atoms with Gasteiger partial charge in [0.1, 0.15) is 6.61 Å². The summed E-state index contributed by atoms with van der Waals surface area (Å²) in [5.74, 6) is 0. The summed E-state index contributed by atoms with van der Waals surface area (Å²) in [6, 6.07) is 0. The highest BCUT2D eigenvalue weighted by atomic mass is 16.6. The van der Waals surface area contributed by atoms with Crippen LogP contribution >= 0.6 is 0 Å². The molecule has 4 heteroatoms. The molecule has 0 aromatic carbocycles. The molecule has 56 heavy (non-hydrogen) atoms. The van der Waals surface area contributed by atoms with Crippen LogP contribution in [0.15, 0.2) is 53.8 Å². The van der Waals surface area contributed by atoms with E-state index in [1.54, 1.807) is 0 Å². The summed E-state index contributed by atoms with van der Waals surface area (Å²) < 4.78 is 6.49. The summed E-state index contributed by atoms with van der Waals surface area (Å²) in [5.41, 5.74) is 1.31. The number of hydrogen-bond acceptors (Lipinski definition) is 4. The number of nitrogens with zero attached hydrogens (tertiary/aromatic N) is 2. The van der Waals surface area contributed by atoms with Crippen LogP contribution in [-0.2, 0) is 9.57 Å². The van der Waals surface area contributed by atoms with E-state index in [1.807, 2.05) is 0 Å². The monoisotopic (exact) mass is 781 g/mol. The van der Waals surface area contributed by atoms with E-state index >= 15 is 0 Å². The van der Waals surface area contributed by atoms with Gasteiger partial charge in [0, 0.05) is 0 Å². The van der Waals surface area contributed by atoms with Gasteiger partial charge in [0.25, 0.3) is 0 Å². The molecular formula is C52H96N2O2. The predicted octanol–water partition coefficient (Wildman–Crippen LogP) is 16.6. The maximum atomic E-state index is 6.49. The molecule has 0 saturated carbocycles. The molecule has 1 saturated heterocycles. The Balaban J connectivity index is 2.27. The van der Waals surface area contributed by atoms with E-state index in [0.29, 0.717) is 12.2 Å². The molecule has 0 spiro atoms. The zero-order valence-electron chi connectivity index (χ0n) is 38.1. The van der Waals surface area contributed by atoms with Crippen LogP contribution in [0.25, 0.3) is 0 Å². The fourth-order valence-electron chi connectivity index (χ4n) is 7.73. The third-order valence-electron chi connectivity index (χ3n) is 11.4. The smallest absolute Gasteiger partial charge is 0.117 e. The topological polar surface area (TPSA) is 34.1 Å². The van der Waals surface area contributed by atoms with Crippen molar-refractivity contribution in [2.45, 2.75) is 251 Å². The summed E-state index contributed by atoms with van der Waals surface area (Å²) >= 11 is 0. The highest BCUT2D eigenvalue weighted by Gasteiger charge is 2.21. The second kappa shape index (κ2) is 42.9. The summed E-state index contributed by atoms with van der Waals surface area (Å²) in [6.07, 6.45) is 64.2. The van der Waals surface area contributed by atoms with E-state index < -0.39 is 0 Å². The third-order valence-corrected chi connectivity index (χ3v) is 11.4. The fraction of sp³-hybridized carbons (Fsp3) is 0.827. The third kappa shape index (κ3) is 37.9. The first-order valence-corrected chi connectivity index (χ1v) is 24.7. The molecule has 1 fully saturated rings. The van der Waals surface area contributed by atoms with Gasteiger partial charge in [-0.3, -0.25) is 0 Å². The van der Waals surface area contributed by atoms with Gasteiger partial charge in [0.15, 0.2) is 0 Å². The van der Waals surface area contributed by atoms with Gasteiger partial charge in [0.05, 0.1) is 17.9 Å². The lowest BCUT2D eigenvalue weighted by Crippen LogP contribution is -2.27. The zero-order chi connectivity index (χ0) is 40.3. The molecule has 326 valence electrons. The SMILES string of the molecule is CCCCCC=CCC=CCCCCCCCCC(CCCCCCCCC=CCC=CCCCCC)=NOCCCCC1CCCC(CCCCN(C)C)O1. The minimum Gasteiger partial charge on any atom is -0.396 e. The van der Waals surface area contributed by atoms with Crippen molar-refractivity contribution in [2.75, 3.05) is 27.2 Å². The Labute approximate surface area is 350 Å². The average Bonchev–Trinajstić information content (AvgIpc) is 3.20. The summed E-state index contributed by atoms with van der Waals surface area (Å²) in [6.45, 7) is 6.48.